The van der Waals surface area contributed by atoms with E-state index in [9.17, 15) is 19.4 Å². The molecule has 0 aliphatic heterocycles. The maximum Gasteiger partial charge on any atom is 0.268 e. The van der Waals surface area contributed by atoms with Gasteiger partial charge < -0.3 is 28.8 Å². The molecule has 0 heterocycles. The molecule has 0 saturated heterocycles. The molecule has 0 aromatic carbocycles. The smallest absolute Gasteiger partial charge is 0.268 e. The van der Waals surface area contributed by atoms with E-state index in [1.807, 2.05) is 27.2 Å². The monoisotopic (exact) mass is 909 g/mol. The number of hydrogen-bond acceptors (Lipinski definition) is 6. The number of allylic oxidation sites excluding steroid dienone is 19. The lowest BCUT2D eigenvalue weighted by molar-refractivity contribution is -0.870. The summed E-state index contributed by atoms with van der Waals surface area (Å²) in [7, 11) is 1.21. The van der Waals surface area contributed by atoms with Crippen LogP contribution >= 0.6 is 7.82 Å². The number of hydrogen-bond donors (Lipinski definition) is 2. The lowest BCUT2D eigenvalue weighted by Gasteiger charge is -2.29. The third-order valence-electron chi connectivity index (χ3n) is 10.2. The normalized spacial score (nSPS) is 15.2. The van der Waals surface area contributed by atoms with Crippen molar-refractivity contribution in [1.82, 2.24) is 5.32 Å². The summed E-state index contributed by atoms with van der Waals surface area (Å²) in [6.07, 6.45) is 67.1. The molecule has 64 heavy (non-hydrogen) atoms. The van der Waals surface area contributed by atoms with Crippen LogP contribution in [0.4, 0.5) is 0 Å². The molecule has 9 heteroatoms. The number of unbranched alkanes of at least 4 members (excludes halogenated alkanes) is 12. The summed E-state index contributed by atoms with van der Waals surface area (Å²) in [6, 6.07) is -0.914. The van der Waals surface area contributed by atoms with E-state index in [2.05, 4.69) is 129 Å². The quantitative estimate of drug-likeness (QED) is 0.0273. The average Bonchev–Trinajstić information content (AvgIpc) is 3.25. The summed E-state index contributed by atoms with van der Waals surface area (Å²) in [5.74, 6) is -0.226. The Bertz CT molecular complexity index is 1450. The Morgan fingerprint density at radius 2 is 0.969 bits per heavy atom. The van der Waals surface area contributed by atoms with Gasteiger partial charge in [0.05, 0.1) is 39.9 Å². The highest BCUT2D eigenvalue weighted by atomic mass is 31.2. The molecule has 0 aliphatic rings. The molecule has 1 amide bonds. The molecule has 0 spiro atoms. The van der Waals surface area contributed by atoms with Crippen LogP contribution in [0.15, 0.2) is 122 Å². The van der Waals surface area contributed by atoms with E-state index < -0.39 is 26.6 Å². The van der Waals surface area contributed by atoms with Crippen molar-refractivity contribution in [2.75, 3.05) is 40.9 Å². The topological polar surface area (TPSA) is 108 Å². The lowest BCUT2D eigenvalue weighted by atomic mass is 10.1. The van der Waals surface area contributed by atoms with E-state index in [0.29, 0.717) is 17.4 Å². The minimum absolute atomic E-state index is 0.0151. The highest BCUT2D eigenvalue weighted by Crippen LogP contribution is 2.38. The number of aliphatic hydroxyl groups is 1. The van der Waals surface area contributed by atoms with Crippen LogP contribution in [-0.2, 0) is 18.4 Å². The van der Waals surface area contributed by atoms with Gasteiger partial charge >= 0.3 is 0 Å². The van der Waals surface area contributed by atoms with Crippen LogP contribution in [0.5, 0.6) is 0 Å². The first kappa shape index (κ1) is 60.9. The second-order valence-corrected chi connectivity index (χ2v) is 18.8. The summed E-state index contributed by atoms with van der Waals surface area (Å²) in [5.41, 5.74) is 0. The third kappa shape index (κ3) is 46.9. The SMILES string of the molecule is CC/C=C\C/C=C\C/C=C\C/C=C\C/C=C\C/C=C\C/C=C\C/C=C\CCCCCCCCCCC(=O)NC(COP(=O)([O-])OCC[N+](C)(C)C)C(O)/C=C/CC/C=C/CCCCC. The largest absolute Gasteiger partial charge is 0.756 e. The van der Waals surface area contributed by atoms with Crippen molar-refractivity contribution in [3.05, 3.63) is 122 Å². The number of phosphoric ester groups is 1. The predicted molar refractivity (Wildman–Crippen MR) is 274 cm³/mol. The van der Waals surface area contributed by atoms with Crippen LogP contribution in [0.3, 0.4) is 0 Å². The fourth-order valence-corrected chi connectivity index (χ4v) is 6.96. The van der Waals surface area contributed by atoms with Gasteiger partial charge in [-0.2, -0.15) is 0 Å². The van der Waals surface area contributed by atoms with Crippen molar-refractivity contribution in [3.63, 3.8) is 0 Å². The maximum atomic E-state index is 12.8. The lowest BCUT2D eigenvalue weighted by Crippen LogP contribution is -2.45. The Kier molecular flexibility index (Phi) is 42.9. The molecule has 0 bridgehead atoms. The molecule has 0 aliphatic carbocycles. The van der Waals surface area contributed by atoms with Gasteiger partial charge in [-0.15, -0.1) is 0 Å². The van der Waals surface area contributed by atoms with Gasteiger partial charge in [0, 0.05) is 6.42 Å². The highest BCUT2D eigenvalue weighted by Gasteiger charge is 2.23. The van der Waals surface area contributed by atoms with E-state index in [1.165, 1.54) is 44.9 Å². The van der Waals surface area contributed by atoms with Crippen LogP contribution in [0, 0.1) is 0 Å². The van der Waals surface area contributed by atoms with Crippen molar-refractivity contribution in [3.8, 4) is 0 Å². The first-order valence-electron chi connectivity index (χ1n) is 24.9. The molecule has 0 fully saturated rings. The number of carbonyl (C=O) groups excluding carboxylic acids is 1. The molecule has 3 unspecified atom stereocenters. The van der Waals surface area contributed by atoms with E-state index in [-0.39, 0.29) is 12.5 Å². The summed E-state index contributed by atoms with van der Waals surface area (Å²) in [6.45, 7) is 4.41. The van der Waals surface area contributed by atoms with Gasteiger partial charge in [-0.1, -0.05) is 187 Å². The minimum Gasteiger partial charge on any atom is -0.756 e. The molecular weight excluding hydrogens is 816 g/mol. The molecule has 8 nitrogen and oxygen atoms in total. The van der Waals surface area contributed by atoms with Gasteiger partial charge in [-0.05, 0) is 96.3 Å². The molecule has 0 rings (SSSR count). The number of carbonyl (C=O) groups is 1. The first-order chi connectivity index (χ1) is 31.0. The summed E-state index contributed by atoms with van der Waals surface area (Å²) in [4.78, 5) is 25.3. The van der Waals surface area contributed by atoms with Crippen LogP contribution in [0.25, 0.3) is 0 Å². The standard InChI is InChI=1S/C55H93N2O6P/c1-6-8-10-12-14-16-17-18-19-20-21-22-23-24-25-26-27-28-29-30-31-32-33-34-35-36-37-38-39-41-43-45-47-49-55(59)56-53(52-63-64(60,61)62-51-50-57(3,4)5)54(58)48-46-44-42-40-15-13-11-9-7-2/h8,10,14-16,18-19,21-22,24-25,27-28,30-31,33-34,40,46,48,53-54,58H,6-7,9,11-13,17,20,23,26,29,32,35-39,41-45,47,49-52H2,1-5H3,(H-,56,59,60,61)/b10-8-,16-14-,19-18-,22-21-,25-24-,28-27-,31-30-,34-33-,40-15+,48-46+. The Morgan fingerprint density at radius 3 is 1.45 bits per heavy atom. The predicted octanol–water partition coefficient (Wildman–Crippen LogP) is 14.0. The number of rotatable bonds is 43. The van der Waals surface area contributed by atoms with Gasteiger partial charge in [-0.3, -0.25) is 9.36 Å². The number of aliphatic hydroxyl groups excluding tert-OH is 1. The van der Waals surface area contributed by atoms with Crippen LogP contribution in [-0.4, -0.2) is 68.5 Å². The first-order valence-corrected chi connectivity index (χ1v) is 26.4. The average molecular weight is 909 g/mol. The van der Waals surface area contributed by atoms with Crippen LogP contribution < -0.4 is 10.2 Å². The van der Waals surface area contributed by atoms with E-state index in [4.69, 9.17) is 9.05 Å². The zero-order chi connectivity index (χ0) is 47.1. The van der Waals surface area contributed by atoms with Gasteiger partial charge in [0.25, 0.3) is 7.82 Å². The number of amides is 1. The minimum atomic E-state index is -4.60. The van der Waals surface area contributed by atoms with Crippen molar-refractivity contribution >= 4 is 13.7 Å². The van der Waals surface area contributed by atoms with E-state index >= 15 is 0 Å². The second kappa shape index (κ2) is 45.1. The number of likely N-dealkylation sites (N-methyl/N-ethyl adjacent to an activating group) is 1. The molecule has 0 radical (unpaired) electrons. The molecule has 0 aromatic rings. The molecule has 3 atom stereocenters. The molecule has 0 saturated carbocycles. The van der Waals surface area contributed by atoms with E-state index in [1.54, 1.807) is 6.08 Å². The fourth-order valence-electron chi connectivity index (χ4n) is 6.24. The summed E-state index contributed by atoms with van der Waals surface area (Å²) < 4.78 is 23.1. The highest BCUT2D eigenvalue weighted by molar-refractivity contribution is 7.45. The number of quaternary nitrogens is 1. The van der Waals surface area contributed by atoms with Crippen molar-refractivity contribution < 1.29 is 32.9 Å². The molecule has 0 aromatic heterocycles. The Hall–Kier alpha value is -3.10. The van der Waals surface area contributed by atoms with Crippen molar-refractivity contribution in [2.45, 2.75) is 180 Å². The van der Waals surface area contributed by atoms with E-state index in [0.717, 1.165) is 103 Å². The van der Waals surface area contributed by atoms with Gasteiger partial charge in [-0.25, -0.2) is 0 Å². The Balaban J connectivity index is 4.16. The van der Waals surface area contributed by atoms with Crippen molar-refractivity contribution in [2.24, 2.45) is 0 Å². The van der Waals surface area contributed by atoms with Gasteiger partial charge in [0.15, 0.2) is 0 Å². The molecular formula is C55H93N2O6P. The zero-order valence-corrected chi connectivity index (χ0v) is 42.1. The summed E-state index contributed by atoms with van der Waals surface area (Å²) >= 11 is 0. The molecule has 364 valence electrons. The second-order valence-electron chi connectivity index (χ2n) is 17.4. The Morgan fingerprint density at radius 1 is 0.562 bits per heavy atom. The summed E-state index contributed by atoms with van der Waals surface area (Å²) in [5, 5.41) is 13.7. The van der Waals surface area contributed by atoms with Gasteiger partial charge in [0.1, 0.15) is 13.2 Å². The number of phosphoric acid groups is 1. The Labute approximate surface area is 393 Å². The molecule has 2 N–H and O–H groups in total. The van der Waals surface area contributed by atoms with Crippen LogP contribution in [0.2, 0.25) is 0 Å². The third-order valence-corrected chi connectivity index (χ3v) is 11.1. The fraction of sp³-hybridized carbons (Fsp3) is 0.618. The van der Waals surface area contributed by atoms with Crippen LogP contribution in [0.1, 0.15) is 168 Å². The van der Waals surface area contributed by atoms with Gasteiger partial charge in [0.2, 0.25) is 5.91 Å². The zero-order valence-electron chi connectivity index (χ0n) is 41.2. The van der Waals surface area contributed by atoms with Crippen molar-refractivity contribution in [1.29, 1.82) is 0 Å². The number of nitrogens with zero attached hydrogens (tertiary/aromatic N) is 1. The maximum absolute atomic E-state index is 12.8. The number of nitrogens with one attached hydrogen (secondary N) is 1.